The molecule has 0 fully saturated rings. The average Bonchev–Trinajstić information content (AvgIpc) is 3.74. The molecule has 3 aliphatic rings. The molecule has 240 valence electrons. The second-order valence-electron chi connectivity index (χ2n) is 14.3. The van der Waals surface area contributed by atoms with Crippen molar-refractivity contribution < 1.29 is 14.0 Å². The summed E-state index contributed by atoms with van der Waals surface area (Å²) in [6.07, 6.45) is 2.27. The zero-order valence-corrected chi connectivity index (χ0v) is 29.1. The van der Waals surface area contributed by atoms with Gasteiger partial charge in [-0.15, -0.1) is 4.68 Å². The summed E-state index contributed by atoms with van der Waals surface area (Å²) in [7, 11) is 0. The number of hydrogen-bond acceptors (Lipinski definition) is 1. The maximum absolute atomic E-state index is 6.91. The predicted molar refractivity (Wildman–Crippen MR) is 198 cm³/mol. The minimum Gasteiger partial charge on any atom is -0.456 e. The number of rotatable bonds is 2. The Morgan fingerprint density at radius 3 is 2.08 bits per heavy atom. The van der Waals surface area contributed by atoms with Crippen LogP contribution in [0.3, 0.4) is 0 Å². The predicted octanol–water partition coefficient (Wildman–Crippen LogP) is 9.36. The summed E-state index contributed by atoms with van der Waals surface area (Å²) >= 11 is 0. The number of nitrogens with zero attached hydrogens (tertiary/aromatic N) is 4. The van der Waals surface area contributed by atoms with Gasteiger partial charge < -0.3 is 4.74 Å². The first-order valence-corrected chi connectivity index (χ1v) is 17.6. The molecule has 5 heteroatoms. The van der Waals surface area contributed by atoms with Crippen molar-refractivity contribution in [3.63, 3.8) is 0 Å². The Balaban J connectivity index is 1.32. The maximum atomic E-state index is 6.91. The van der Waals surface area contributed by atoms with Crippen LogP contribution < -0.4 is 14.0 Å². The first-order valence-electron chi connectivity index (χ1n) is 17.6. The lowest BCUT2D eigenvalue weighted by Crippen LogP contribution is -2.77. The lowest BCUT2D eigenvalue weighted by molar-refractivity contribution is -0.995. The normalized spacial score (nSPS) is 16.0. The van der Waals surface area contributed by atoms with Gasteiger partial charge in [0.1, 0.15) is 28.3 Å². The molecule has 3 aromatic heterocycles. The summed E-state index contributed by atoms with van der Waals surface area (Å²) in [6, 6.07) is 37.3. The number of hydrogen-bond donors (Lipinski definition) is 0. The molecule has 50 heavy (non-hydrogen) atoms. The fourth-order valence-electron chi connectivity index (χ4n) is 10.1. The molecular weight excluding hydrogens is 613 g/mol. The van der Waals surface area contributed by atoms with E-state index in [4.69, 9.17) is 4.74 Å². The van der Waals surface area contributed by atoms with Gasteiger partial charge in [0.2, 0.25) is 5.69 Å². The fourth-order valence-corrected chi connectivity index (χ4v) is 10.1. The largest absolute Gasteiger partial charge is 0.456 e. The molecule has 11 rings (SSSR count). The Morgan fingerprint density at radius 2 is 1.28 bits per heavy atom. The van der Waals surface area contributed by atoms with Crippen molar-refractivity contribution in [3.05, 3.63) is 154 Å². The van der Waals surface area contributed by atoms with E-state index in [9.17, 15) is 0 Å². The minimum absolute atomic E-state index is 0.705. The summed E-state index contributed by atoms with van der Waals surface area (Å²) in [5, 5.41) is 2.49. The number of para-hydroxylation sites is 1. The third-order valence-electron chi connectivity index (χ3n) is 12.2. The molecule has 5 nitrogen and oxygen atoms in total. The molecule has 6 heterocycles. The third-order valence-corrected chi connectivity index (χ3v) is 12.2. The van der Waals surface area contributed by atoms with Gasteiger partial charge in [-0.05, 0) is 116 Å². The van der Waals surface area contributed by atoms with Crippen LogP contribution in [0.25, 0.3) is 55.6 Å². The lowest BCUT2D eigenvalue weighted by Gasteiger charge is -2.33. The Bertz CT molecular complexity index is 2830. The quantitative estimate of drug-likeness (QED) is 0.172. The minimum atomic E-state index is -0.705. The number of pyridine rings is 1. The highest BCUT2D eigenvalue weighted by atomic mass is 16.5. The van der Waals surface area contributed by atoms with Crippen molar-refractivity contribution >= 4 is 21.8 Å². The molecule has 0 radical (unpaired) electrons. The highest BCUT2D eigenvalue weighted by Gasteiger charge is 2.70. The van der Waals surface area contributed by atoms with Gasteiger partial charge >= 0.3 is 5.66 Å². The molecule has 8 aromatic rings. The zero-order chi connectivity index (χ0) is 33.8. The lowest BCUT2D eigenvalue weighted by atomic mass is 9.82. The average molecular weight is 649 g/mol. The summed E-state index contributed by atoms with van der Waals surface area (Å²) in [6.45, 7) is 13.9. The van der Waals surface area contributed by atoms with Gasteiger partial charge in [-0.3, -0.25) is 0 Å². The topological polar surface area (TPSA) is 26.8 Å². The van der Waals surface area contributed by atoms with Gasteiger partial charge in [0.25, 0.3) is 5.82 Å². The van der Waals surface area contributed by atoms with E-state index in [0.29, 0.717) is 0 Å². The summed E-state index contributed by atoms with van der Waals surface area (Å²) < 4.78 is 16.9. The highest BCUT2D eigenvalue weighted by molar-refractivity contribution is 6.11. The van der Waals surface area contributed by atoms with E-state index < -0.39 is 5.66 Å². The third kappa shape index (κ3) is 2.95. The van der Waals surface area contributed by atoms with E-state index in [2.05, 4.69) is 169 Å². The van der Waals surface area contributed by atoms with Crippen LogP contribution >= 0.6 is 0 Å². The molecule has 0 amide bonds. The molecule has 0 saturated carbocycles. The SMILES string of the molecule is Cc1c(C)c(-c2c(C)n3[n+](c2C)C24c5c(cccc5-3)Oc3ccc5c6ccccc6n(c5c32)-c2cccc[n+]24)c(C)c(C)c1-c1ccccc1. The molecule has 0 N–H and O–H groups in total. The van der Waals surface area contributed by atoms with E-state index in [0.717, 1.165) is 23.0 Å². The van der Waals surface area contributed by atoms with Gasteiger partial charge in [-0.1, -0.05) is 59.3 Å². The number of aromatic nitrogens is 4. The van der Waals surface area contributed by atoms with E-state index in [1.54, 1.807) is 0 Å². The Kier molecular flexibility index (Phi) is 5.14. The van der Waals surface area contributed by atoms with E-state index in [1.165, 1.54) is 88.8 Å². The van der Waals surface area contributed by atoms with E-state index >= 15 is 0 Å². The molecule has 1 unspecified atom stereocenters. The van der Waals surface area contributed by atoms with Crippen molar-refractivity contribution in [1.29, 1.82) is 0 Å². The highest BCUT2D eigenvalue weighted by Crippen LogP contribution is 2.56. The van der Waals surface area contributed by atoms with Gasteiger partial charge in [0.05, 0.1) is 17.5 Å². The summed E-state index contributed by atoms with van der Waals surface area (Å²) in [5.74, 6) is 2.95. The van der Waals surface area contributed by atoms with Crippen molar-refractivity contribution in [2.45, 2.75) is 47.2 Å². The Morgan fingerprint density at radius 1 is 0.580 bits per heavy atom. The van der Waals surface area contributed by atoms with Crippen molar-refractivity contribution in [1.82, 2.24) is 9.25 Å². The van der Waals surface area contributed by atoms with Gasteiger partial charge in [-0.25, -0.2) is 0 Å². The molecule has 1 spiro atoms. The van der Waals surface area contributed by atoms with Crippen LogP contribution in [0.4, 0.5) is 0 Å². The van der Waals surface area contributed by atoms with Crippen molar-refractivity contribution in [3.8, 4) is 45.3 Å². The molecule has 0 aliphatic carbocycles. The molecule has 0 saturated heterocycles. The fraction of sp³-hybridized carbons (Fsp3) is 0.156. The van der Waals surface area contributed by atoms with Crippen LogP contribution in [0.2, 0.25) is 0 Å². The van der Waals surface area contributed by atoms with Crippen LogP contribution in [-0.2, 0) is 5.66 Å². The standard InChI is InChI=1S/C45H36N4O/c1-25-27(3)40(28(4)26(2)39(25)31-15-8-7-9-16-31)41-29(5)48-35-19-14-20-36-42(35)45(49(48)30(41)6)43-37(50-36)23-22-33-32-17-10-11-18-34(32)47(44(33)43)38-21-12-13-24-46(38)45/h7-24H,1-6H3/q+2. The Labute approximate surface area is 290 Å². The number of ether oxygens (including phenoxy) is 1. The maximum Gasteiger partial charge on any atom is 0.397 e. The monoisotopic (exact) mass is 648 g/mol. The van der Waals surface area contributed by atoms with Crippen LogP contribution in [0, 0.1) is 41.5 Å². The van der Waals surface area contributed by atoms with Gasteiger partial charge in [-0.2, -0.15) is 9.13 Å². The second kappa shape index (κ2) is 9.19. The molecule has 1 atom stereocenters. The van der Waals surface area contributed by atoms with E-state index in [-0.39, 0.29) is 0 Å². The molecule has 0 bridgehead atoms. The smallest absolute Gasteiger partial charge is 0.397 e. The van der Waals surface area contributed by atoms with Crippen LogP contribution in [0.5, 0.6) is 11.5 Å². The second-order valence-corrected chi connectivity index (χ2v) is 14.3. The van der Waals surface area contributed by atoms with Gasteiger partial charge in [0.15, 0.2) is 11.1 Å². The number of fused-ring (bicyclic) bond motifs is 7. The molecular formula is C45H36N4O+2. The molecule has 5 aromatic carbocycles. The molecule has 3 aliphatic heterocycles. The van der Waals surface area contributed by atoms with E-state index in [1.807, 2.05) is 0 Å². The van der Waals surface area contributed by atoms with Crippen LogP contribution in [0.15, 0.2) is 109 Å². The first-order chi connectivity index (χ1) is 24.4. The zero-order valence-electron chi connectivity index (χ0n) is 29.1. The Hall–Kier alpha value is -5.94. The van der Waals surface area contributed by atoms with Crippen LogP contribution in [0.1, 0.15) is 44.8 Å². The van der Waals surface area contributed by atoms with Crippen molar-refractivity contribution in [2.24, 2.45) is 0 Å². The summed E-state index contributed by atoms with van der Waals surface area (Å²) in [4.78, 5) is 0. The number of benzene rings is 5. The summed E-state index contributed by atoms with van der Waals surface area (Å²) in [5.41, 5.74) is 18.3. The van der Waals surface area contributed by atoms with Crippen LogP contribution in [-0.4, -0.2) is 9.25 Å². The first kappa shape index (κ1) is 28.0. The van der Waals surface area contributed by atoms with Crippen molar-refractivity contribution in [2.75, 3.05) is 0 Å². The van der Waals surface area contributed by atoms with Gasteiger partial charge in [0, 0.05) is 23.8 Å².